The normalized spacial score (nSPS) is 17.1. The molecule has 0 aromatic heterocycles. The lowest BCUT2D eigenvalue weighted by molar-refractivity contribution is -0.120. The molecule has 1 atom stereocenters. The molecule has 30 heavy (non-hydrogen) atoms. The largest absolute Gasteiger partial charge is 0.349 e. The number of amides is 2. The van der Waals surface area contributed by atoms with E-state index < -0.39 is 15.9 Å². The molecule has 1 aliphatic rings. The van der Waals surface area contributed by atoms with E-state index in [-0.39, 0.29) is 23.3 Å². The number of carbonyl (C=O) groups excluding carboxylic acids is 2. The maximum Gasteiger partial charge on any atom is 0.253 e. The number of carbonyl (C=O) groups is 2. The van der Waals surface area contributed by atoms with Crippen molar-refractivity contribution >= 4 is 27.5 Å². The molecule has 1 saturated heterocycles. The minimum atomic E-state index is -3.65. The number of benzene rings is 2. The van der Waals surface area contributed by atoms with Crippen molar-refractivity contribution in [3.05, 3.63) is 72.8 Å². The lowest BCUT2D eigenvalue weighted by atomic mass is 9.98. The third-order valence-corrected chi connectivity index (χ3v) is 6.85. The van der Waals surface area contributed by atoms with E-state index in [9.17, 15) is 18.0 Å². The summed E-state index contributed by atoms with van der Waals surface area (Å²) in [4.78, 5) is 25.4. The zero-order valence-corrected chi connectivity index (χ0v) is 17.4. The molecule has 0 spiro atoms. The van der Waals surface area contributed by atoms with E-state index in [0.29, 0.717) is 37.2 Å². The van der Waals surface area contributed by atoms with E-state index in [1.165, 1.54) is 4.31 Å². The Balaban J connectivity index is 1.72. The van der Waals surface area contributed by atoms with Gasteiger partial charge < -0.3 is 10.6 Å². The van der Waals surface area contributed by atoms with Crippen LogP contribution >= 0.6 is 0 Å². The van der Waals surface area contributed by atoms with E-state index >= 15 is 0 Å². The average Bonchev–Trinajstić information content (AvgIpc) is 2.78. The lowest BCUT2D eigenvalue weighted by Crippen LogP contribution is -2.43. The second-order valence-corrected chi connectivity index (χ2v) is 8.99. The fourth-order valence-electron chi connectivity index (χ4n) is 3.40. The molecule has 158 valence electrons. The molecule has 2 aromatic rings. The van der Waals surface area contributed by atoms with Crippen LogP contribution in [0.3, 0.4) is 0 Å². The predicted octanol–water partition coefficient (Wildman–Crippen LogP) is 2.64. The summed E-state index contributed by atoms with van der Waals surface area (Å²) < 4.78 is 27.1. The SMILES string of the molecule is C=CCNC(=O)c1ccccc1NC(=O)[C@H]1CCCN(S(=O)(=O)c2ccccc2)C1. The Kier molecular flexibility index (Phi) is 7.02. The molecule has 0 unspecified atom stereocenters. The van der Waals surface area contributed by atoms with Gasteiger partial charge >= 0.3 is 0 Å². The van der Waals surface area contributed by atoms with Crippen LogP contribution in [0.4, 0.5) is 5.69 Å². The predicted molar refractivity (Wildman–Crippen MR) is 116 cm³/mol. The number of nitrogens with zero attached hydrogens (tertiary/aromatic N) is 1. The maximum absolute atomic E-state index is 12.9. The van der Waals surface area contributed by atoms with E-state index in [0.717, 1.165) is 0 Å². The highest BCUT2D eigenvalue weighted by Gasteiger charge is 2.33. The molecule has 2 N–H and O–H groups in total. The smallest absolute Gasteiger partial charge is 0.253 e. The van der Waals surface area contributed by atoms with Gasteiger partial charge in [-0.05, 0) is 37.1 Å². The third-order valence-electron chi connectivity index (χ3n) is 4.97. The number of anilines is 1. The van der Waals surface area contributed by atoms with Crippen LogP contribution in [0.2, 0.25) is 0 Å². The monoisotopic (exact) mass is 427 g/mol. The summed E-state index contributed by atoms with van der Waals surface area (Å²) >= 11 is 0. The van der Waals surface area contributed by atoms with E-state index in [2.05, 4.69) is 17.2 Å². The Morgan fingerprint density at radius 1 is 1.10 bits per heavy atom. The summed E-state index contributed by atoms with van der Waals surface area (Å²) in [6.07, 6.45) is 2.74. The highest BCUT2D eigenvalue weighted by molar-refractivity contribution is 7.89. The van der Waals surface area contributed by atoms with Gasteiger partial charge in [0.25, 0.3) is 5.91 Å². The van der Waals surface area contributed by atoms with Crippen molar-refractivity contribution in [1.82, 2.24) is 9.62 Å². The minimum Gasteiger partial charge on any atom is -0.349 e. The Morgan fingerprint density at radius 3 is 2.53 bits per heavy atom. The number of sulfonamides is 1. The second-order valence-electron chi connectivity index (χ2n) is 7.05. The minimum absolute atomic E-state index is 0.105. The van der Waals surface area contributed by atoms with E-state index in [1.54, 1.807) is 60.7 Å². The molecule has 1 heterocycles. The zero-order valence-electron chi connectivity index (χ0n) is 16.6. The fourth-order valence-corrected chi connectivity index (χ4v) is 4.95. The molecule has 7 nitrogen and oxygen atoms in total. The average molecular weight is 428 g/mol. The Hall–Kier alpha value is -2.97. The van der Waals surface area contributed by atoms with Gasteiger partial charge in [-0.1, -0.05) is 36.4 Å². The van der Waals surface area contributed by atoms with Crippen LogP contribution in [0.15, 0.2) is 72.1 Å². The Morgan fingerprint density at radius 2 is 1.80 bits per heavy atom. The van der Waals surface area contributed by atoms with Gasteiger partial charge in [-0.25, -0.2) is 8.42 Å². The molecule has 0 radical (unpaired) electrons. The van der Waals surface area contributed by atoms with Gasteiger partial charge in [-0.15, -0.1) is 6.58 Å². The van der Waals surface area contributed by atoms with Crippen LogP contribution in [-0.2, 0) is 14.8 Å². The summed E-state index contributed by atoms with van der Waals surface area (Å²) in [6, 6.07) is 14.9. The number of rotatable bonds is 7. The van der Waals surface area contributed by atoms with Crippen molar-refractivity contribution in [3.63, 3.8) is 0 Å². The Bertz CT molecular complexity index is 1020. The summed E-state index contributed by atoms with van der Waals surface area (Å²) in [7, 11) is -3.65. The number of hydrogen-bond donors (Lipinski definition) is 2. The molecular weight excluding hydrogens is 402 g/mol. The van der Waals surface area contributed by atoms with Crippen molar-refractivity contribution < 1.29 is 18.0 Å². The zero-order chi connectivity index (χ0) is 21.6. The van der Waals surface area contributed by atoms with Gasteiger partial charge in [0, 0.05) is 19.6 Å². The van der Waals surface area contributed by atoms with Crippen LogP contribution in [0.1, 0.15) is 23.2 Å². The number of hydrogen-bond acceptors (Lipinski definition) is 4. The van der Waals surface area contributed by atoms with Crippen molar-refractivity contribution in [2.75, 3.05) is 25.0 Å². The number of piperidine rings is 1. The van der Waals surface area contributed by atoms with E-state index in [1.807, 2.05) is 0 Å². The topological polar surface area (TPSA) is 95.6 Å². The first-order chi connectivity index (χ1) is 14.4. The highest BCUT2D eigenvalue weighted by atomic mass is 32.2. The molecule has 1 aliphatic heterocycles. The standard InChI is InChI=1S/C22H25N3O4S/c1-2-14-23-22(27)19-12-6-7-13-20(19)24-21(26)17-9-8-15-25(16-17)30(28,29)18-10-4-3-5-11-18/h2-7,10-13,17H,1,8-9,14-16H2,(H,23,27)(H,24,26)/t17-/m0/s1. The van der Waals surface area contributed by atoms with Gasteiger partial charge in [-0.2, -0.15) is 4.31 Å². The van der Waals surface area contributed by atoms with Crippen LogP contribution in [-0.4, -0.2) is 44.2 Å². The molecule has 8 heteroatoms. The summed E-state index contributed by atoms with van der Waals surface area (Å²) in [5.41, 5.74) is 0.740. The molecule has 0 bridgehead atoms. The first-order valence-electron chi connectivity index (χ1n) is 9.77. The van der Waals surface area contributed by atoms with Crippen LogP contribution in [0, 0.1) is 5.92 Å². The van der Waals surface area contributed by atoms with Crippen molar-refractivity contribution in [2.24, 2.45) is 5.92 Å². The van der Waals surface area contributed by atoms with Gasteiger partial charge in [0.2, 0.25) is 15.9 Å². The van der Waals surface area contributed by atoms with E-state index in [4.69, 9.17) is 0 Å². The van der Waals surface area contributed by atoms with Crippen LogP contribution < -0.4 is 10.6 Å². The summed E-state index contributed by atoms with van der Waals surface area (Å²) in [5.74, 6) is -1.11. The van der Waals surface area contributed by atoms with Crippen LogP contribution in [0.25, 0.3) is 0 Å². The highest BCUT2D eigenvalue weighted by Crippen LogP contribution is 2.25. The first kappa shape index (κ1) is 21.7. The molecule has 0 saturated carbocycles. The summed E-state index contributed by atoms with van der Waals surface area (Å²) in [5, 5.41) is 5.49. The third kappa shape index (κ3) is 4.95. The molecule has 1 fully saturated rings. The molecule has 0 aliphatic carbocycles. The number of para-hydroxylation sites is 1. The molecule has 2 aromatic carbocycles. The van der Waals surface area contributed by atoms with Gasteiger partial charge in [0.15, 0.2) is 0 Å². The molecule has 2 amide bonds. The second kappa shape index (κ2) is 9.69. The van der Waals surface area contributed by atoms with Crippen LogP contribution in [0.5, 0.6) is 0 Å². The van der Waals surface area contributed by atoms with Crippen molar-refractivity contribution in [3.8, 4) is 0 Å². The molecular formula is C22H25N3O4S. The first-order valence-corrected chi connectivity index (χ1v) is 11.2. The molecule has 3 rings (SSSR count). The van der Waals surface area contributed by atoms with Gasteiger partial charge in [0.1, 0.15) is 0 Å². The Labute approximate surface area is 176 Å². The summed E-state index contributed by atoms with van der Waals surface area (Å²) in [6.45, 7) is 4.37. The lowest BCUT2D eigenvalue weighted by Gasteiger charge is -2.31. The van der Waals surface area contributed by atoms with Gasteiger partial charge in [0.05, 0.1) is 22.1 Å². The van der Waals surface area contributed by atoms with Crippen molar-refractivity contribution in [2.45, 2.75) is 17.7 Å². The van der Waals surface area contributed by atoms with Crippen molar-refractivity contribution in [1.29, 1.82) is 0 Å². The van der Waals surface area contributed by atoms with Gasteiger partial charge in [-0.3, -0.25) is 9.59 Å². The maximum atomic E-state index is 12.9. The fraction of sp³-hybridized carbons (Fsp3) is 0.273. The number of nitrogens with one attached hydrogen (secondary N) is 2. The quantitative estimate of drug-likeness (QED) is 0.664.